The molecule has 3 aromatic rings. The molecule has 5 heteroatoms. The quantitative estimate of drug-likeness (QED) is 0.451. The van der Waals surface area contributed by atoms with Crippen molar-refractivity contribution in [1.82, 2.24) is 0 Å². The van der Waals surface area contributed by atoms with Crippen molar-refractivity contribution in [2.45, 2.75) is 38.7 Å². The van der Waals surface area contributed by atoms with Gasteiger partial charge in [-0.1, -0.05) is 42.5 Å². The van der Waals surface area contributed by atoms with Crippen LogP contribution in [0.15, 0.2) is 72.8 Å². The molecule has 0 spiro atoms. The molecule has 1 aliphatic rings. The molecule has 32 heavy (non-hydrogen) atoms. The largest absolute Gasteiger partial charge is 0.508 e. The molecule has 5 nitrogen and oxygen atoms in total. The minimum absolute atomic E-state index is 0.179. The summed E-state index contributed by atoms with van der Waals surface area (Å²) in [6.45, 7) is 5.67. The van der Waals surface area contributed by atoms with Crippen molar-refractivity contribution in [2.75, 3.05) is 6.61 Å². The number of carbonyl (C=O) groups excluding carboxylic acids is 1. The van der Waals surface area contributed by atoms with E-state index in [-0.39, 0.29) is 24.2 Å². The summed E-state index contributed by atoms with van der Waals surface area (Å²) in [5, 5.41) is 21.8. The Morgan fingerprint density at radius 2 is 1.75 bits per heavy atom. The van der Waals surface area contributed by atoms with Gasteiger partial charge in [-0.25, -0.2) is 0 Å². The zero-order chi connectivity index (χ0) is 22.9. The first-order valence-electron chi connectivity index (χ1n) is 10.7. The molecular formula is C27H28O5. The second-order valence-corrected chi connectivity index (χ2v) is 9.34. The molecule has 2 unspecified atom stereocenters. The Kier molecular flexibility index (Phi) is 5.70. The summed E-state index contributed by atoms with van der Waals surface area (Å²) in [6.07, 6.45) is 0.338. The molecule has 2 N–H and O–H groups in total. The fourth-order valence-electron chi connectivity index (χ4n) is 4.00. The number of hydrogen-bond donors (Lipinski definition) is 2. The van der Waals surface area contributed by atoms with Crippen LogP contribution in [0.3, 0.4) is 0 Å². The number of aromatic hydroxyl groups is 1. The summed E-state index contributed by atoms with van der Waals surface area (Å²) in [5.74, 6) is 0.423. The normalized spacial score (nSPS) is 20.2. The summed E-state index contributed by atoms with van der Waals surface area (Å²) < 4.78 is 11.6. The van der Waals surface area contributed by atoms with E-state index in [9.17, 15) is 15.0 Å². The van der Waals surface area contributed by atoms with E-state index in [1.54, 1.807) is 51.1 Å². The topological polar surface area (TPSA) is 76.0 Å². The van der Waals surface area contributed by atoms with Gasteiger partial charge in [-0.3, -0.25) is 4.79 Å². The van der Waals surface area contributed by atoms with Crippen molar-refractivity contribution in [3.63, 3.8) is 0 Å². The molecule has 4 rings (SSSR count). The number of hydrogen-bond acceptors (Lipinski definition) is 5. The van der Waals surface area contributed by atoms with Crippen LogP contribution in [0, 0.1) is 5.41 Å². The number of fused-ring (bicyclic) bond motifs is 1. The molecule has 1 heterocycles. The van der Waals surface area contributed by atoms with Crippen LogP contribution < -0.4 is 9.47 Å². The first-order chi connectivity index (χ1) is 15.2. The molecule has 0 bridgehead atoms. The average Bonchev–Trinajstić information content (AvgIpc) is 2.75. The monoisotopic (exact) mass is 432 g/mol. The van der Waals surface area contributed by atoms with Crippen LogP contribution in [-0.4, -0.2) is 22.8 Å². The number of phenols is 1. The van der Waals surface area contributed by atoms with Gasteiger partial charge in [0.2, 0.25) is 0 Å². The molecule has 166 valence electrons. The summed E-state index contributed by atoms with van der Waals surface area (Å²) in [6, 6.07) is 21.8. The Balaban J connectivity index is 1.74. The minimum Gasteiger partial charge on any atom is -0.508 e. The highest BCUT2D eigenvalue weighted by atomic mass is 16.5. The van der Waals surface area contributed by atoms with Gasteiger partial charge in [0.15, 0.2) is 0 Å². The number of benzene rings is 3. The number of rotatable bonds is 4. The van der Waals surface area contributed by atoms with Crippen molar-refractivity contribution in [3.05, 3.63) is 89.5 Å². The lowest BCUT2D eigenvalue weighted by Gasteiger charge is -2.42. The number of esters is 1. The van der Waals surface area contributed by atoms with E-state index in [2.05, 4.69) is 0 Å². The lowest BCUT2D eigenvalue weighted by atomic mass is 9.72. The fraction of sp³-hybridized carbons (Fsp3) is 0.296. The second kappa shape index (κ2) is 8.32. The van der Waals surface area contributed by atoms with Crippen LogP contribution in [0.2, 0.25) is 0 Å². The summed E-state index contributed by atoms with van der Waals surface area (Å²) in [4.78, 5) is 12.3. The van der Waals surface area contributed by atoms with Gasteiger partial charge < -0.3 is 19.7 Å². The predicted molar refractivity (Wildman–Crippen MR) is 122 cm³/mol. The summed E-state index contributed by atoms with van der Waals surface area (Å²) >= 11 is 0. The zero-order valence-corrected chi connectivity index (χ0v) is 18.5. The minimum atomic E-state index is -1.25. The Labute approximate surface area is 188 Å². The number of phenolic OH excluding ortho intramolecular Hbond substituents is 1. The highest BCUT2D eigenvalue weighted by molar-refractivity contribution is 5.78. The summed E-state index contributed by atoms with van der Waals surface area (Å²) in [5.41, 5.74) is 0.624. The Hall–Kier alpha value is -3.31. The van der Waals surface area contributed by atoms with Crippen molar-refractivity contribution in [1.29, 1.82) is 0 Å². The van der Waals surface area contributed by atoms with Crippen molar-refractivity contribution >= 4 is 5.97 Å². The third-order valence-corrected chi connectivity index (χ3v) is 5.84. The van der Waals surface area contributed by atoms with Gasteiger partial charge in [0.05, 0.1) is 17.9 Å². The third kappa shape index (κ3) is 4.34. The number of aliphatic hydroxyl groups is 1. The lowest BCUT2D eigenvalue weighted by molar-refractivity contribution is -0.143. The van der Waals surface area contributed by atoms with Gasteiger partial charge in [-0.05, 0) is 56.2 Å². The second-order valence-electron chi connectivity index (χ2n) is 9.34. The van der Waals surface area contributed by atoms with Crippen LogP contribution in [0.25, 0.3) is 0 Å². The number of ether oxygens (including phenoxy) is 2. The zero-order valence-electron chi connectivity index (χ0n) is 18.5. The van der Waals surface area contributed by atoms with Gasteiger partial charge in [0.25, 0.3) is 0 Å². The maximum Gasteiger partial charge on any atom is 0.316 e. The SMILES string of the molecule is CC(C)(C)C(=O)Oc1ccc2c(c1)OCC(c1ccccc1)C2(O)Cc1ccc(O)cc1. The van der Waals surface area contributed by atoms with E-state index in [0.717, 1.165) is 11.1 Å². The third-order valence-electron chi connectivity index (χ3n) is 5.84. The van der Waals surface area contributed by atoms with Crippen LogP contribution in [0.4, 0.5) is 0 Å². The molecule has 0 fully saturated rings. The van der Waals surface area contributed by atoms with E-state index in [1.165, 1.54) is 0 Å². The van der Waals surface area contributed by atoms with Gasteiger partial charge in [-0.15, -0.1) is 0 Å². The van der Waals surface area contributed by atoms with E-state index in [0.29, 0.717) is 23.5 Å². The molecular weight excluding hydrogens is 404 g/mol. The molecule has 0 saturated heterocycles. The maximum atomic E-state index is 12.3. The van der Waals surface area contributed by atoms with E-state index in [1.807, 2.05) is 42.5 Å². The van der Waals surface area contributed by atoms with Crippen molar-refractivity contribution in [2.24, 2.45) is 5.41 Å². The van der Waals surface area contributed by atoms with Crippen LogP contribution in [0.1, 0.15) is 43.4 Å². The fourth-order valence-corrected chi connectivity index (χ4v) is 4.00. The molecule has 1 aliphatic heterocycles. The Morgan fingerprint density at radius 3 is 2.41 bits per heavy atom. The number of carbonyl (C=O) groups is 1. The lowest BCUT2D eigenvalue weighted by Crippen LogP contribution is -2.42. The van der Waals surface area contributed by atoms with E-state index in [4.69, 9.17) is 9.47 Å². The van der Waals surface area contributed by atoms with Crippen LogP contribution >= 0.6 is 0 Å². The van der Waals surface area contributed by atoms with Gasteiger partial charge in [0, 0.05) is 18.1 Å². The predicted octanol–water partition coefficient (Wildman–Crippen LogP) is 4.95. The van der Waals surface area contributed by atoms with Gasteiger partial charge in [-0.2, -0.15) is 0 Å². The first kappa shape index (κ1) is 21.9. The smallest absolute Gasteiger partial charge is 0.316 e. The van der Waals surface area contributed by atoms with Crippen LogP contribution in [0.5, 0.6) is 17.2 Å². The standard InChI is InChI=1S/C27H28O5/c1-26(2,3)25(29)32-21-13-14-22-24(15-21)31-17-23(19-7-5-4-6-8-19)27(22,30)16-18-9-11-20(28)12-10-18/h4-15,23,28,30H,16-17H2,1-3H3. The Bertz CT molecular complexity index is 1100. The van der Waals surface area contributed by atoms with E-state index < -0.39 is 11.0 Å². The van der Waals surface area contributed by atoms with Crippen LogP contribution in [-0.2, 0) is 16.8 Å². The summed E-state index contributed by atoms with van der Waals surface area (Å²) in [7, 11) is 0. The van der Waals surface area contributed by atoms with E-state index >= 15 is 0 Å². The molecule has 0 saturated carbocycles. The molecule has 0 amide bonds. The maximum absolute atomic E-state index is 12.3. The molecule has 2 atom stereocenters. The van der Waals surface area contributed by atoms with Gasteiger partial charge in [0.1, 0.15) is 22.8 Å². The first-order valence-corrected chi connectivity index (χ1v) is 10.7. The van der Waals surface area contributed by atoms with Crippen molar-refractivity contribution in [3.8, 4) is 17.2 Å². The highest BCUT2D eigenvalue weighted by Crippen LogP contribution is 2.48. The molecule has 0 aliphatic carbocycles. The average molecular weight is 433 g/mol. The Morgan fingerprint density at radius 1 is 1.06 bits per heavy atom. The molecule has 0 aromatic heterocycles. The highest BCUT2D eigenvalue weighted by Gasteiger charge is 2.45. The van der Waals surface area contributed by atoms with Gasteiger partial charge >= 0.3 is 5.97 Å². The van der Waals surface area contributed by atoms with Crippen molar-refractivity contribution < 1.29 is 24.5 Å². The molecule has 3 aromatic carbocycles. The molecule has 0 radical (unpaired) electrons.